The van der Waals surface area contributed by atoms with E-state index in [9.17, 15) is 9.18 Å². The van der Waals surface area contributed by atoms with Crippen molar-refractivity contribution in [2.45, 2.75) is 0 Å². The second-order valence-electron chi connectivity index (χ2n) is 2.50. The minimum absolute atomic E-state index is 0.333. The van der Waals surface area contributed by atoms with Crippen molar-refractivity contribution in [2.75, 3.05) is 7.11 Å². The summed E-state index contributed by atoms with van der Waals surface area (Å²) >= 11 is 3.07. The SMILES string of the molecule is COC(=O)/C=C/c1cccc(F)c1Br. The van der Waals surface area contributed by atoms with Crippen LogP contribution in [0.1, 0.15) is 5.56 Å². The molecular weight excluding hydrogens is 251 g/mol. The lowest BCUT2D eigenvalue weighted by atomic mass is 10.2. The summed E-state index contributed by atoms with van der Waals surface area (Å²) in [6, 6.07) is 4.59. The standard InChI is InChI=1S/C10H8BrFO2/c1-14-9(13)6-5-7-3-2-4-8(12)10(7)11/h2-6H,1H3/b6-5+. The number of rotatable bonds is 2. The number of methoxy groups -OCH3 is 1. The Kier molecular flexibility index (Phi) is 3.83. The van der Waals surface area contributed by atoms with Crippen LogP contribution in [-0.2, 0) is 9.53 Å². The molecule has 0 atom stereocenters. The zero-order valence-corrected chi connectivity index (χ0v) is 9.05. The number of hydrogen-bond donors (Lipinski definition) is 0. The number of carbonyl (C=O) groups excluding carboxylic acids is 1. The van der Waals surface area contributed by atoms with Crippen LogP contribution in [0.25, 0.3) is 6.08 Å². The molecule has 14 heavy (non-hydrogen) atoms. The van der Waals surface area contributed by atoms with Gasteiger partial charge in [-0.1, -0.05) is 12.1 Å². The molecule has 0 amide bonds. The Hall–Kier alpha value is -1.16. The topological polar surface area (TPSA) is 26.3 Å². The smallest absolute Gasteiger partial charge is 0.330 e. The van der Waals surface area contributed by atoms with Gasteiger partial charge in [0.2, 0.25) is 0 Å². The molecule has 0 radical (unpaired) electrons. The average molecular weight is 259 g/mol. The molecule has 0 heterocycles. The minimum Gasteiger partial charge on any atom is -0.466 e. The van der Waals surface area contributed by atoms with Crippen LogP contribution >= 0.6 is 15.9 Å². The quantitative estimate of drug-likeness (QED) is 0.603. The van der Waals surface area contributed by atoms with Crippen LogP contribution in [0, 0.1) is 5.82 Å². The first-order valence-electron chi connectivity index (χ1n) is 3.85. The molecule has 0 N–H and O–H groups in total. The molecule has 0 aliphatic heterocycles. The van der Waals surface area contributed by atoms with Crippen molar-refractivity contribution in [3.63, 3.8) is 0 Å². The highest BCUT2D eigenvalue weighted by molar-refractivity contribution is 9.10. The summed E-state index contributed by atoms with van der Waals surface area (Å²) in [6.45, 7) is 0. The Morgan fingerprint density at radius 2 is 2.29 bits per heavy atom. The number of ether oxygens (including phenoxy) is 1. The summed E-state index contributed by atoms with van der Waals surface area (Å²) in [4.78, 5) is 10.8. The van der Waals surface area contributed by atoms with Crippen LogP contribution < -0.4 is 0 Å². The number of hydrogen-bond acceptors (Lipinski definition) is 2. The summed E-state index contributed by atoms with van der Waals surface area (Å²) in [6.07, 6.45) is 2.72. The summed E-state index contributed by atoms with van der Waals surface area (Å²) in [7, 11) is 1.29. The van der Waals surface area contributed by atoms with E-state index in [1.807, 2.05) is 0 Å². The molecule has 0 saturated carbocycles. The van der Waals surface area contributed by atoms with Gasteiger partial charge in [-0.25, -0.2) is 9.18 Å². The van der Waals surface area contributed by atoms with Crippen molar-refractivity contribution < 1.29 is 13.9 Å². The number of carbonyl (C=O) groups is 1. The fourth-order valence-corrected chi connectivity index (χ4v) is 1.27. The predicted octanol–water partition coefficient (Wildman–Crippen LogP) is 2.77. The molecule has 0 fully saturated rings. The third-order valence-electron chi connectivity index (χ3n) is 1.58. The van der Waals surface area contributed by atoms with Crippen LogP contribution in [0.5, 0.6) is 0 Å². The first kappa shape index (κ1) is 10.9. The van der Waals surface area contributed by atoms with Gasteiger partial charge in [-0.05, 0) is 33.6 Å². The Morgan fingerprint density at radius 1 is 1.57 bits per heavy atom. The first-order chi connectivity index (χ1) is 6.65. The monoisotopic (exact) mass is 258 g/mol. The van der Waals surface area contributed by atoms with E-state index in [-0.39, 0.29) is 5.82 Å². The van der Waals surface area contributed by atoms with Gasteiger partial charge in [0.1, 0.15) is 5.82 Å². The average Bonchev–Trinajstić information content (AvgIpc) is 2.20. The maximum absolute atomic E-state index is 13.0. The lowest BCUT2D eigenvalue weighted by Crippen LogP contribution is -1.93. The fourth-order valence-electron chi connectivity index (χ4n) is 0.875. The largest absolute Gasteiger partial charge is 0.466 e. The molecule has 1 aromatic rings. The van der Waals surface area contributed by atoms with Crippen LogP contribution in [0.2, 0.25) is 0 Å². The van der Waals surface area contributed by atoms with Gasteiger partial charge in [0.05, 0.1) is 11.6 Å². The van der Waals surface area contributed by atoms with Crippen molar-refractivity contribution >= 4 is 28.0 Å². The van der Waals surface area contributed by atoms with E-state index >= 15 is 0 Å². The number of halogens is 2. The van der Waals surface area contributed by atoms with Crippen molar-refractivity contribution in [3.8, 4) is 0 Å². The molecule has 0 bridgehead atoms. The highest BCUT2D eigenvalue weighted by atomic mass is 79.9. The molecule has 0 aliphatic rings. The second-order valence-corrected chi connectivity index (χ2v) is 3.29. The zero-order valence-electron chi connectivity index (χ0n) is 7.46. The maximum atomic E-state index is 13.0. The van der Waals surface area contributed by atoms with E-state index in [0.29, 0.717) is 10.0 Å². The molecule has 0 saturated heterocycles. The molecule has 4 heteroatoms. The Morgan fingerprint density at radius 3 is 2.93 bits per heavy atom. The van der Waals surface area contributed by atoms with E-state index in [4.69, 9.17) is 0 Å². The molecule has 2 nitrogen and oxygen atoms in total. The number of esters is 1. The minimum atomic E-state index is -0.471. The summed E-state index contributed by atoms with van der Waals surface area (Å²) in [5.74, 6) is -0.835. The zero-order chi connectivity index (χ0) is 10.6. The fraction of sp³-hybridized carbons (Fsp3) is 0.100. The van der Waals surface area contributed by atoms with Gasteiger partial charge in [0, 0.05) is 6.08 Å². The molecule has 1 aromatic carbocycles. The Labute approximate surface area is 89.5 Å². The highest BCUT2D eigenvalue weighted by Gasteiger charge is 2.02. The summed E-state index contributed by atoms with van der Waals surface area (Å²) < 4.78 is 17.7. The van der Waals surface area contributed by atoms with Crippen LogP contribution in [0.15, 0.2) is 28.7 Å². The van der Waals surface area contributed by atoms with Gasteiger partial charge >= 0.3 is 5.97 Å². The van der Waals surface area contributed by atoms with Gasteiger partial charge in [-0.3, -0.25) is 0 Å². The molecule has 0 spiro atoms. The summed E-state index contributed by atoms with van der Waals surface area (Å²) in [5.41, 5.74) is 0.593. The van der Waals surface area contributed by atoms with Crippen molar-refractivity contribution in [3.05, 3.63) is 40.1 Å². The Balaban J connectivity index is 2.92. The molecule has 0 aliphatic carbocycles. The lowest BCUT2D eigenvalue weighted by Gasteiger charge is -1.98. The van der Waals surface area contributed by atoms with Crippen molar-refractivity contribution in [1.29, 1.82) is 0 Å². The maximum Gasteiger partial charge on any atom is 0.330 e. The van der Waals surface area contributed by atoms with Crippen LogP contribution in [0.4, 0.5) is 4.39 Å². The van der Waals surface area contributed by atoms with Crippen LogP contribution in [-0.4, -0.2) is 13.1 Å². The number of benzene rings is 1. The van der Waals surface area contributed by atoms with E-state index < -0.39 is 5.97 Å². The van der Waals surface area contributed by atoms with Gasteiger partial charge < -0.3 is 4.74 Å². The van der Waals surface area contributed by atoms with E-state index in [0.717, 1.165) is 0 Å². The van der Waals surface area contributed by atoms with Gasteiger partial charge in [0.25, 0.3) is 0 Å². The van der Waals surface area contributed by atoms with Gasteiger partial charge in [0.15, 0.2) is 0 Å². The van der Waals surface area contributed by atoms with Gasteiger partial charge in [-0.2, -0.15) is 0 Å². The molecule has 1 rings (SSSR count). The molecule has 0 aromatic heterocycles. The summed E-state index contributed by atoms with van der Waals surface area (Å²) in [5, 5.41) is 0. The van der Waals surface area contributed by atoms with Crippen molar-refractivity contribution in [2.24, 2.45) is 0 Å². The van der Waals surface area contributed by atoms with Crippen molar-refractivity contribution in [1.82, 2.24) is 0 Å². The molecular formula is C10H8BrFO2. The van der Waals surface area contributed by atoms with Crippen LogP contribution in [0.3, 0.4) is 0 Å². The van der Waals surface area contributed by atoms with E-state index in [1.165, 1.54) is 25.3 Å². The van der Waals surface area contributed by atoms with E-state index in [2.05, 4.69) is 20.7 Å². The second kappa shape index (κ2) is 4.91. The predicted molar refractivity (Wildman–Crippen MR) is 55.2 cm³/mol. The molecule has 0 unspecified atom stereocenters. The van der Waals surface area contributed by atoms with Gasteiger partial charge in [-0.15, -0.1) is 0 Å². The normalized spacial score (nSPS) is 10.5. The first-order valence-corrected chi connectivity index (χ1v) is 4.64. The molecule has 74 valence electrons. The highest BCUT2D eigenvalue weighted by Crippen LogP contribution is 2.21. The lowest BCUT2D eigenvalue weighted by molar-refractivity contribution is -0.134. The van der Waals surface area contributed by atoms with E-state index in [1.54, 1.807) is 12.1 Å². The third-order valence-corrected chi connectivity index (χ3v) is 2.42. The third kappa shape index (κ3) is 2.67. The Bertz CT molecular complexity index is 374.